The van der Waals surface area contributed by atoms with Crippen LogP contribution in [0.25, 0.3) is 11.4 Å². The highest BCUT2D eigenvalue weighted by Crippen LogP contribution is 2.24. The molecule has 18 heavy (non-hydrogen) atoms. The van der Waals surface area contributed by atoms with Crippen LogP contribution < -0.4 is 0 Å². The number of nitrogens with zero attached hydrogens (tertiary/aromatic N) is 4. The third-order valence-electron chi connectivity index (χ3n) is 2.39. The monoisotopic (exact) mass is 314 g/mol. The summed E-state index contributed by atoms with van der Waals surface area (Å²) in [6.07, 6.45) is 0. The van der Waals surface area contributed by atoms with Gasteiger partial charge in [-0.3, -0.25) is 0 Å². The Morgan fingerprint density at radius 2 is 2.28 bits per heavy atom. The molecule has 2 rings (SSSR count). The Bertz CT molecular complexity index is 601. The molecule has 0 fully saturated rings. The lowest BCUT2D eigenvalue weighted by atomic mass is 10.2. The highest BCUT2D eigenvalue weighted by molar-refractivity contribution is 9.10. The Balaban J connectivity index is 2.48. The molecule has 0 aliphatic rings. The third-order valence-corrected chi connectivity index (χ3v) is 3.04. The molecule has 6 nitrogen and oxygen atoms in total. The second-order valence-electron chi connectivity index (χ2n) is 3.59. The Hall–Kier alpha value is -1.83. The van der Waals surface area contributed by atoms with E-state index in [4.69, 9.17) is 5.11 Å². The van der Waals surface area contributed by atoms with Gasteiger partial charge in [0.1, 0.15) is 5.82 Å². The van der Waals surface area contributed by atoms with Crippen molar-refractivity contribution in [3.05, 3.63) is 28.5 Å². The largest absolute Gasteiger partial charge is 0.480 e. The lowest BCUT2D eigenvalue weighted by Gasteiger charge is -2.08. The molecule has 0 bridgehead atoms. The number of hydrogen-bond acceptors (Lipinski definition) is 4. The number of carboxylic acid groups (broad SMARTS) is 1. The number of carbonyl (C=O) groups is 1. The summed E-state index contributed by atoms with van der Waals surface area (Å²) in [4.78, 5) is 10.9. The van der Waals surface area contributed by atoms with Crippen molar-refractivity contribution < 1.29 is 14.3 Å². The van der Waals surface area contributed by atoms with Crippen LogP contribution in [0.3, 0.4) is 0 Å². The van der Waals surface area contributed by atoms with E-state index in [0.29, 0.717) is 10.0 Å². The molecular formula is C10H8BrFN4O2. The molecule has 0 aliphatic carbocycles. The summed E-state index contributed by atoms with van der Waals surface area (Å²) < 4.78 is 14.9. The highest BCUT2D eigenvalue weighted by atomic mass is 79.9. The molecule has 0 spiro atoms. The zero-order valence-corrected chi connectivity index (χ0v) is 10.8. The minimum absolute atomic E-state index is 0.205. The third kappa shape index (κ3) is 2.23. The fraction of sp³-hybridized carbons (Fsp3) is 0.200. The van der Waals surface area contributed by atoms with E-state index >= 15 is 0 Å². The van der Waals surface area contributed by atoms with Gasteiger partial charge in [0.15, 0.2) is 11.9 Å². The van der Waals surface area contributed by atoms with Gasteiger partial charge in [-0.15, -0.1) is 5.10 Å². The molecule has 1 unspecified atom stereocenters. The fourth-order valence-electron chi connectivity index (χ4n) is 1.38. The van der Waals surface area contributed by atoms with E-state index < -0.39 is 17.8 Å². The molecule has 1 aromatic carbocycles. The topological polar surface area (TPSA) is 80.9 Å². The second kappa shape index (κ2) is 4.81. The van der Waals surface area contributed by atoms with Gasteiger partial charge in [-0.25, -0.2) is 13.9 Å². The van der Waals surface area contributed by atoms with Gasteiger partial charge in [0.25, 0.3) is 0 Å². The SMILES string of the molecule is CC(C(=O)O)n1nnnc1-c1ccc(Br)c(F)c1. The minimum Gasteiger partial charge on any atom is -0.480 e. The lowest BCUT2D eigenvalue weighted by molar-refractivity contribution is -0.140. The van der Waals surface area contributed by atoms with Crippen molar-refractivity contribution in [1.82, 2.24) is 20.2 Å². The summed E-state index contributed by atoms with van der Waals surface area (Å²) in [6, 6.07) is 3.42. The first kappa shape index (κ1) is 12.6. The number of tetrazole rings is 1. The number of carboxylic acids is 1. The van der Waals surface area contributed by atoms with Crippen LogP contribution in [0, 0.1) is 5.82 Å². The standard InChI is InChI=1S/C10H8BrFN4O2/c1-5(10(17)18)16-9(13-14-15-16)6-2-3-7(11)8(12)4-6/h2-5H,1H3,(H,17,18). The molecule has 0 aliphatic heterocycles. The maximum atomic E-state index is 13.4. The first-order valence-electron chi connectivity index (χ1n) is 4.97. The molecule has 0 radical (unpaired) electrons. The van der Waals surface area contributed by atoms with Crippen molar-refractivity contribution in [2.75, 3.05) is 0 Å². The summed E-state index contributed by atoms with van der Waals surface area (Å²) in [5.74, 6) is -1.33. The number of rotatable bonds is 3. The molecule has 8 heteroatoms. The van der Waals surface area contributed by atoms with E-state index in [1.807, 2.05) is 0 Å². The van der Waals surface area contributed by atoms with Crippen LogP contribution in [0.5, 0.6) is 0 Å². The Kier molecular flexibility index (Phi) is 3.37. The van der Waals surface area contributed by atoms with Crippen LogP contribution in [-0.2, 0) is 4.79 Å². The van der Waals surface area contributed by atoms with Crippen LogP contribution in [0.1, 0.15) is 13.0 Å². The van der Waals surface area contributed by atoms with Crippen molar-refractivity contribution in [2.45, 2.75) is 13.0 Å². The number of benzene rings is 1. The maximum Gasteiger partial charge on any atom is 0.328 e. The van der Waals surface area contributed by atoms with Crippen LogP contribution in [0.2, 0.25) is 0 Å². The van der Waals surface area contributed by atoms with E-state index in [9.17, 15) is 9.18 Å². The van der Waals surface area contributed by atoms with E-state index in [1.54, 1.807) is 6.07 Å². The van der Waals surface area contributed by atoms with Gasteiger partial charge >= 0.3 is 5.97 Å². The van der Waals surface area contributed by atoms with Gasteiger partial charge < -0.3 is 5.11 Å². The van der Waals surface area contributed by atoms with Crippen molar-refractivity contribution in [3.63, 3.8) is 0 Å². The molecule has 1 heterocycles. The lowest BCUT2D eigenvalue weighted by Crippen LogP contribution is -2.18. The van der Waals surface area contributed by atoms with Gasteiger partial charge in [-0.05, 0) is 51.5 Å². The van der Waals surface area contributed by atoms with Crippen LogP contribution >= 0.6 is 15.9 Å². The normalized spacial score (nSPS) is 12.4. The van der Waals surface area contributed by atoms with Crippen molar-refractivity contribution >= 4 is 21.9 Å². The quantitative estimate of drug-likeness (QED) is 0.935. The van der Waals surface area contributed by atoms with Gasteiger partial charge in [-0.2, -0.15) is 0 Å². The molecule has 1 aromatic heterocycles. The Morgan fingerprint density at radius 1 is 1.56 bits per heavy atom. The summed E-state index contributed by atoms with van der Waals surface area (Å²) in [6.45, 7) is 1.44. The molecule has 0 saturated carbocycles. The molecular weight excluding hydrogens is 307 g/mol. The molecule has 1 N–H and O–H groups in total. The predicted molar refractivity (Wildman–Crippen MR) is 63.3 cm³/mol. The van der Waals surface area contributed by atoms with Gasteiger partial charge in [0.05, 0.1) is 4.47 Å². The van der Waals surface area contributed by atoms with Gasteiger partial charge in [0, 0.05) is 5.56 Å². The van der Waals surface area contributed by atoms with E-state index in [-0.39, 0.29) is 5.82 Å². The van der Waals surface area contributed by atoms with Crippen LogP contribution in [0.4, 0.5) is 4.39 Å². The molecule has 0 saturated heterocycles. The van der Waals surface area contributed by atoms with E-state index in [0.717, 1.165) is 4.68 Å². The maximum absolute atomic E-state index is 13.4. The van der Waals surface area contributed by atoms with E-state index in [2.05, 4.69) is 31.5 Å². The Labute approximate surface area is 110 Å². The Morgan fingerprint density at radius 3 is 2.89 bits per heavy atom. The zero-order valence-electron chi connectivity index (χ0n) is 9.21. The minimum atomic E-state index is -1.07. The fourth-order valence-corrected chi connectivity index (χ4v) is 1.63. The molecule has 2 aromatic rings. The van der Waals surface area contributed by atoms with E-state index in [1.165, 1.54) is 19.1 Å². The first-order chi connectivity index (χ1) is 8.50. The highest BCUT2D eigenvalue weighted by Gasteiger charge is 2.20. The van der Waals surface area contributed by atoms with Crippen molar-refractivity contribution in [1.29, 1.82) is 0 Å². The first-order valence-corrected chi connectivity index (χ1v) is 5.76. The van der Waals surface area contributed by atoms with Crippen molar-refractivity contribution in [2.24, 2.45) is 0 Å². The number of halogens is 2. The van der Waals surface area contributed by atoms with Gasteiger partial charge in [0.2, 0.25) is 0 Å². The van der Waals surface area contributed by atoms with Crippen LogP contribution in [0.15, 0.2) is 22.7 Å². The van der Waals surface area contributed by atoms with Crippen LogP contribution in [-0.4, -0.2) is 31.3 Å². The molecule has 0 amide bonds. The summed E-state index contributed by atoms with van der Waals surface area (Å²) in [7, 11) is 0. The zero-order chi connectivity index (χ0) is 13.3. The van der Waals surface area contributed by atoms with Gasteiger partial charge in [-0.1, -0.05) is 0 Å². The number of hydrogen-bond donors (Lipinski definition) is 1. The number of aromatic nitrogens is 4. The second-order valence-corrected chi connectivity index (χ2v) is 4.44. The number of aliphatic carboxylic acids is 1. The average molecular weight is 315 g/mol. The molecule has 1 atom stereocenters. The smallest absolute Gasteiger partial charge is 0.328 e. The summed E-state index contributed by atoms with van der Waals surface area (Å²) in [5, 5.41) is 19.7. The predicted octanol–water partition coefficient (Wildman–Crippen LogP) is 1.89. The van der Waals surface area contributed by atoms with Crippen molar-refractivity contribution in [3.8, 4) is 11.4 Å². The molecule has 94 valence electrons. The summed E-state index contributed by atoms with van der Waals surface area (Å²) >= 11 is 3.04. The summed E-state index contributed by atoms with van der Waals surface area (Å²) in [5.41, 5.74) is 0.411. The average Bonchev–Trinajstić information content (AvgIpc) is 2.80.